The maximum atomic E-state index is 13.6. The smallest absolute Gasteiger partial charge is 0.260 e. The molecule has 5 nitrogen and oxygen atoms in total. The topological polar surface area (TPSA) is 48.0 Å². The Bertz CT molecular complexity index is 978. The molecule has 0 aliphatic heterocycles. The molecule has 0 aliphatic carbocycles. The van der Waals surface area contributed by atoms with E-state index in [1.54, 1.807) is 26.3 Å². The van der Waals surface area contributed by atoms with Gasteiger partial charge < -0.3 is 19.1 Å². The van der Waals surface area contributed by atoms with Gasteiger partial charge in [-0.05, 0) is 35.4 Å². The molecule has 0 spiro atoms. The Morgan fingerprint density at radius 3 is 2.33 bits per heavy atom. The molecule has 3 rings (SSSR count). The lowest BCUT2D eigenvalue weighted by Crippen LogP contribution is -2.31. The van der Waals surface area contributed by atoms with Crippen LogP contribution < -0.4 is 14.2 Å². The number of ether oxygens (including phenoxy) is 3. The lowest BCUT2D eigenvalue weighted by atomic mass is 10.2. The summed E-state index contributed by atoms with van der Waals surface area (Å²) < 4.78 is 30.2. The number of carbonyl (C=O) groups is 1. The fourth-order valence-corrected chi connectivity index (χ4v) is 2.84. The number of likely N-dealkylation sites (N-methyl/N-ethyl adjacent to an activating group) is 1. The highest BCUT2D eigenvalue weighted by Crippen LogP contribution is 2.29. The maximum absolute atomic E-state index is 13.6. The Morgan fingerprint density at radius 1 is 0.867 bits per heavy atom. The quantitative estimate of drug-likeness (QED) is 0.524. The van der Waals surface area contributed by atoms with Crippen molar-refractivity contribution >= 4 is 5.91 Å². The zero-order valence-electron chi connectivity index (χ0n) is 17.0. The largest absolute Gasteiger partial charge is 0.493 e. The first kappa shape index (κ1) is 21.2. The number of hydrogen-bond acceptors (Lipinski definition) is 4. The lowest BCUT2D eigenvalue weighted by molar-refractivity contribution is -0.132. The molecule has 0 N–H and O–H groups in total. The van der Waals surface area contributed by atoms with E-state index in [9.17, 15) is 9.18 Å². The molecule has 0 heterocycles. The minimum atomic E-state index is -0.496. The Morgan fingerprint density at radius 2 is 1.60 bits per heavy atom. The van der Waals surface area contributed by atoms with Gasteiger partial charge in [0.15, 0.2) is 29.7 Å². The minimum Gasteiger partial charge on any atom is -0.493 e. The summed E-state index contributed by atoms with van der Waals surface area (Å²) in [7, 11) is 3.24. The van der Waals surface area contributed by atoms with E-state index >= 15 is 0 Å². The van der Waals surface area contributed by atoms with E-state index in [4.69, 9.17) is 14.2 Å². The van der Waals surface area contributed by atoms with Gasteiger partial charge in [0.05, 0.1) is 7.11 Å². The normalized spacial score (nSPS) is 10.4. The number of rotatable bonds is 9. The van der Waals surface area contributed by atoms with E-state index in [-0.39, 0.29) is 18.3 Å². The molecule has 6 heteroatoms. The summed E-state index contributed by atoms with van der Waals surface area (Å²) in [5.74, 6) is 0.514. The second kappa shape index (κ2) is 10.3. The van der Waals surface area contributed by atoms with Gasteiger partial charge in [-0.3, -0.25) is 4.79 Å². The van der Waals surface area contributed by atoms with Crippen LogP contribution in [0.2, 0.25) is 0 Å². The Kier molecular flexibility index (Phi) is 7.27. The fourth-order valence-electron chi connectivity index (χ4n) is 2.84. The molecule has 0 fully saturated rings. The van der Waals surface area contributed by atoms with Gasteiger partial charge in [-0.2, -0.15) is 0 Å². The predicted octanol–water partition coefficient (Wildman–Crippen LogP) is 4.45. The van der Waals surface area contributed by atoms with Crippen LogP contribution in [0.5, 0.6) is 17.2 Å². The van der Waals surface area contributed by atoms with Gasteiger partial charge in [0.2, 0.25) is 0 Å². The van der Waals surface area contributed by atoms with Crippen LogP contribution in [-0.2, 0) is 17.9 Å². The van der Waals surface area contributed by atoms with Crippen LogP contribution >= 0.6 is 0 Å². The second-order valence-corrected chi connectivity index (χ2v) is 6.73. The van der Waals surface area contributed by atoms with Gasteiger partial charge >= 0.3 is 0 Å². The van der Waals surface area contributed by atoms with Gasteiger partial charge in [-0.15, -0.1) is 0 Å². The first-order valence-corrected chi connectivity index (χ1v) is 9.51. The van der Waals surface area contributed by atoms with E-state index in [1.165, 1.54) is 17.0 Å². The van der Waals surface area contributed by atoms with Gasteiger partial charge in [-0.1, -0.05) is 48.5 Å². The van der Waals surface area contributed by atoms with Crippen LogP contribution in [0.15, 0.2) is 72.8 Å². The van der Waals surface area contributed by atoms with E-state index in [2.05, 4.69) is 0 Å². The summed E-state index contributed by atoms with van der Waals surface area (Å²) >= 11 is 0. The van der Waals surface area contributed by atoms with E-state index < -0.39 is 5.82 Å². The molecule has 3 aromatic rings. The molecule has 0 aromatic heterocycles. The van der Waals surface area contributed by atoms with Crippen molar-refractivity contribution in [2.45, 2.75) is 13.2 Å². The highest BCUT2D eigenvalue weighted by atomic mass is 19.1. The third-order valence-corrected chi connectivity index (χ3v) is 4.50. The summed E-state index contributed by atoms with van der Waals surface area (Å²) in [5, 5.41) is 0. The monoisotopic (exact) mass is 409 g/mol. The van der Waals surface area contributed by atoms with E-state index in [0.29, 0.717) is 24.7 Å². The van der Waals surface area contributed by atoms with Crippen LogP contribution in [0.25, 0.3) is 0 Å². The number of methoxy groups -OCH3 is 1. The number of hydrogen-bond donors (Lipinski definition) is 0. The molecule has 0 aliphatic rings. The summed E-state index contributed by atoms with van der Waals surface area (Å²) in [6.45, 7) is 0.546. The zero-order valence-corrected chi connectivity index (χ0v) is 17.0. The van der Waals surface area contributed by atoms with Crippen LogP contribution in [0.4, 0.5) is 4.39 Å². The van der Waals surface area contributed by atoms with Crippen molar-refractivity contribution in [1.29, 1.82) is 0 Å². The van der Waals surface area contributed by atoms with Crippen LogP contribution in [-0.4, -0.2) is 31.6 Å². The molecule has 0 unspecified atom stereocenters. The maximum Gasteiger partial charge on any atom is 0.260 e. The van der Waals surface area contributed by atoms with Crippen molar-refractivity contribution in [3.8, 4) is 17.2 Å². The molecular weight excluding hydrogens is 385 g/mol. The van der Waals surface area contributed by atoms with Gasteiger partial charge in [0.25, 0.3) is 5.91 Å². The number of para-hydroxylation sites is 1. The Hall–Kier alpha value is -3.54. The number of nitrogens with zero attached hydrogens (tertiary/aromatic N) is 1. The highest BCUT2D eigenvalue weighted by molar-refractivity contribution is 5.77. The number of benzene rings is 3. The predicted molar refractivity (Wildman–Crippen MR) is 112 cm³/mol. The molecule has 0 atom stereocenters. The SMILES string of the molecule is COc1cc(CN(C)C(=O)COc2ccccc2F)ccc1OCc1ccccc1. The van der Waals surface area contributed by atoms with Gasteiger partial charge in [-0.25, -0.2) is 4.39 Å². The molecule has 0 saturated carbocycles. The van der Waals surface area contributed by atoms with Crippen molar-refractivity contribution in [2.75, 3.05) is 20.8 Å². The van der Waals surface area contributed by atoms with Gasteiger partial charge in [0.1, 0.15) is 6.61 Å². The Balaban J connectivity index is 1.57. The van der Waals surface area contributed by atoms with Crippen molar-refractivity contribution in [3.63, 3.8) is 0 Å². The van der Waals surface area contributed by atoms with Gasteiger partial charge in [0, 0.05) is 13.6 Å². The fraction of sp³-hybridized carbons (Fsp3) is 0.208. The molecule has 3 aromatic carbocycles. The molecule has 0 radical (unpaired) electrons. The molecule has 0 saturated heterocycles. The summed E-state index contributed by atoms with van der Waals surface area (Å²) in [6, 6.07) is 21.4. The molecular formula is C24H24FNO4. The lowest BCUT2D eigenvalue weighted by Gasteiger charge is -2.19. The Labute approximate surface area is 175 Å². The van der Waals surface area contributed by atoms with Crippen molar-refractivity contribution in [1.82, 2.24) is 4.90 Å². The summed E-state index contributed by atoms with van der Waals surface area (Å²) in [6.07, 6.45) is 0. The average molecular weight is 409 g/mol. The van der Waals surface area contributed by atoms with Crippen LogP contribution in [0, 0.1) is 5.82 Å². The standard InChI is InChI=1S/C24H24FNO4/c1-26(24(27)17-30-21-11-7-6-10-20(21)25)15-19-12-13-22(23(14-19)28-2)29-16-18-8-4-3-5-9-18/h3-14H,15-17H2,1-2H3. The molecule has 1 amide bonds. The van der Waals surface area contributed by atoms with Crippen LogP contribution in [0.3, 0.4) is 0 Å². The second-order valence-electron chi connectivity index (χ2n) is 6.73. The molecule has 30 heavy (non-hydrogen) atoms. The number of carbonyl (C=O) groups excluding carboxylic acids is 1. The summed E-state index contributed by atoms with van der Waals surface area (Å²) in [4.78, 5) is 13.8. The zero-order chi connectivity index (χ0) is 21.3. The summed E-state index contributed by atoms with van der Waals surface area (Å²) in [5.41, 5.74) is 1.93. The first-order valence-electron chi connectivity index (χ1n) is 9.51. The van der Waals surface area contributed by atoms with Crippen molar-refractivity contribution < 1.29 is 23.4 Å². The molecule has 0 bridgehead atoms. The van der Waals surface area contributed by atoms with Crippen LogP contribution in [0.1, 0.15) is 11.1 Å². The number of halogens is 1. The highest BCUT2D eigenvalue weighted by Gasteiger charge is 2.13. The minimum absolute atomic E-state index is 0.0563. The number of amides is 1. The third kappa shape index (κ3) is 5.73. The first-order chi connectivity index (χ1) is 14.6. The van der Waals surface area contributed by atoms with Crippen molar-refractivity contribution in [3.05, 3.63) is 89.7 Å². The van der Waals surface area contributed by atoms with E-state index in [0.717, 1.165) is 11.1 Å². The average Bonchev–Trinajstić information content (AvgIpc) is 2.78. The van der Waals surface area contributed by atoms with E-state index in [1.807, 2.05) is 48.5 Å². The molecule has 156 valence electrons. The van der Waals surface area contributed by atoms with Crippen molar-refractivity contribution in [2.24, 2.45) is 0 Å². The third-order valence-electron chi connectivity index (χ3n) is 4.50.